The average Bonchev–Trinajstić information content (AvgIpc) is 2.33. The molecule has 6 nitrogen and oxygen atoms in total. The van der Waals surface area contributed by atoms with Crippen molar-refractivity contribution in [1.29, 1.82) is 0 Å². The number of morpholine rings is 1. The molecule has 0 aromatic rings. The second-order valence-electron chi connectivity index (χ2n) is 6.04. The number of rotatable bonds is 4. The van der Waals surface area contributed by atoms with Crippen LogP contribution in [0.15, 0.2) is 0 Å². The largest absolute Gasteiger partial charge is 0.480 e. The summed E-state index contributed by atoms with van der Waals surface area (Å²) in [5, 5.41) is 11.8. The molecule has 1 aliphatic rings. The third-order valence-corrected chi connectivity index (χ3v) is 3.08. The quantitative estimate of drug-likeness (QED) is 0.808. The lowest BCUT2D eigenvalue weighted by Crippen LogP contribution is -2.51. The Morgan fingerprint density at radius 2 is 1.89 bits per heavy atom. The van der Waals surface area contributed by atoms with Crippen molar-refractivity contribution in [3.8, 4) is 0 Å². The number of hydrogen-bond donors (Lipinski definition) is 2. The summed E-state index contributed by atoms with van der Waals surface area (Å²) < 4.78 is 5.16. The first-order valence-corrected chi connectivity index (χ1v) is 6.65. The summed E-state index contributed by atoms with van der Waals surface area (Å²) in [5.74, 6) is -0.981. The van der Waals surface area contributed by atoms with Gasteiger partial charge in [0.1, 0.15) is 6.04 Å². The molecule has 1 rings (SSSR count). The monoisotopic (exact) mass is 272 g/mol. The summed E-state index contributed by atoms with van der Waals surface area (Å²) in [6, 6.07) is -1.14. The molecule has 2 N–H and O–H groups in total. The van der Waals surface area contributed by atoms with Gasteiger partial charge in [0.05, 0.1) is 13.2 Å². The van der Waals surface area contributed by atoms with Crippen molar-refractivity contribution in [2.24, 2.45) is 5.41 Å². The van der Waals surface area contributed by atoms with Gasteiger partial charge in [0.15, 0.2) is 0 Å². The lowest BCUT2D eigenvalue weighted by Gasteiger charge is -2.29. The highest BCUT2D eigenvalue weighted by atomic mass is 16.5. The Balaban J connectivity index is 2.48. The first kappa shape index (κ1) is 15.8. The van der Waals surface area contributed by atoms with Gasteiger partial charge in [-0.15, -0.1) is 0 Å². The number of amides is 2. The highest BCUT2D eigenvalue weighted by Gasteiger charge is 2.25. The van der Waals surface area contributed by atoms with Gasteiger partial charge in [-0.1, -0.05) is 20.8 Å². The number of urea groups is 1. The van der Waals surface area contributed by atoms with E-state index in [0.29, 0.717) is 32.7 Å². The second-order valence-corrected chi connectivity index (χ2v) is 6.04. The van der Waals surface area contributed by atoms with E-state index in [0.717, 1.165) is 6.42 Å². The number of carbonyl (C=O) groups is 2. The van der Waals surface area contributed by atoms with E-state index in [4.69, 9.17) is 9.84 Å². The molecule has 0 spiro atoms. The normalized spacial score (nSPS) is 17.9. The molecule has 1 fully saturated rings. The maximum atomic E-state index is 11.9. The molecule has 1 atom stereocenters. The van der Waals surface area contributed by atoms with Crippen LogP contribution in [-0.4, -0.2) is 54.4 Å². The average molecular weight is 272 g/mol. The van der Waals surface area contributed by atoms with Crippen LogP contribution >= 0.6 is 0 Å². The molecule has 1 saturated heterocycles. The third-order valence-electron chi connectivity index (χ3n) is 3.08. The highest BCUT2D eigenvalue weighted by molar-refractivity contribution is 5.82. The Bertz CT molecular complexity index is 319. The minimum atomic E-state index is -0.981. The van der Waals surface area contributed by atoms with Crippen LogP contribution in [0.25, 0.3) is 0 Å². The van der Waals surface area contributed by atoms with Crippen LogP contribution in [-0.2, 0) is 9.53 Å². The van der Waals surface area contributed by atoms with Crippen molar-refractivity contribution >= 4 is 12.0 Å². The van der Waals surface area contributed by atoms with Crippen LogP contribution in [0.4, 0.5) is 4.79 Å². The Hall–Kier alpha value is -1.30. The number of ether oxygens (including phenoxy) is 1. The molecule has 1 heterocycles. The number of nitrogens with one attached hydrogen (secondary N) is 1. The van der Waals surface area contributed by atoms with Gasteiger partial charge < -0.3 is 20.1 Å². The maximum absolute atomic E-state index is 11.9. The Morgan fingerprint density at radius 1 is 1.32 bits per heavy atom. The van der Waals surface area contributed by atoms with Gasteiger partial charge in [0.2, 0.25) is 0 Å². The second kappa shape index (κ2) is 6.75. The van der Waals surface area contributed by atoms with Crippen LogP contribution in [0.5, 0.6) is 0 Å². The number of carbonyl (C=O) groups excluding carboxylic acids is 1. The van der Waals surface area contributed by atoms with Crippen molar-refractivity contribution in [3.63, 3.8) is 0 Å². The van der Waals surface area contributed by atoms with Crippen molar-refractivity contribution in [2.75, 3.05) is 26.3 Å². The molecule has 0 radical (unpaired) electrons. The fourth-order valence-electron chi connectivity index (χ4n) is 1.84. The lowest BCUT2D eigenvalue weighted by molar-refractivity contribution is -0.139. The van der Waals surface area contributed by atoms with Gasteiger partial charge >= 0.3 is 12.0 Å². The number of carboxylic acid groups (broad SMARTS) is 1. The predicted octanol–water partition coefficient (Wildman–Crippen LogP) is 1.31. The van der Waals surface area contributed by atoms with E-state index >= 15 is 0 Å². The zero-order valence-electron chi connectivity index (χ0n) is 11.9. The van der Waals surface area contributed by atoms with Crippen molar-refractivity contribution in [3.05, 3.63) is 0 Å². The topological polar surface area (TPSA) is 78.9 Å². The Kier molecular flexibility index (Phi) is 5.60. The highest BCUT2D eigenvalue weighted by Crippen LogP contribution is 2.21. The fourth-order valence-corrected chi connectivity index (χ4v) is 1.84. The molecule has 6 heteroatoms. The zero-order valence-corrected chi connectivity index (χ0v) is 11.9. The SMILES string of the molecule is CC(C)(C)CCC(NC(=O)N1CCOCC1)C(=O)O. The van der Waals surface area contributed by atoms with Gasteiger partial charge in [0.25, 0.3) is 0 Å². The molecule has 0 aromatic heterocycles. The van der Waals surface area contributed by atoms with Gasteiger partial charge in [-0.25, -0.2) is 9.59 Å². The van der Waals surface area contributed by atoms with Crippen LogP contribution < -0.4 is 5.32 Å². The van der Waals surface area contributed by atoms with E-state index in [2.05, 4.69) is 26.1 Å². The zero-order chi connectivity index (χ0) is 14.5. The molecule has 0 aliphatic carbocycles. The minimum Gasteiger partial charge on any atom is -0.480 e. The van der Waals surface area contributed by atoms with E-state index in [1.54, 1.807) is 4.90 Å². The molecule has 19 heavy (non-hydrogen) atoms. The molecule has 0 saturated carbocycles. The first-order valence-electron chi connectivity index (χ1n) is 6.65. The molecule has 0 bridgehead atoms. The van der Waals surface area contributed by atoms with Gasteiger partial charge in [-0.05, 0) is 18.3 Å². The van der Waals surface area contributed by atoms with Crippen molar-refractivity contribution < 1.29 is 19.4 Å². The lowest BCUT2D eigenvalue weighted by atomic mass is 9.89. The first-order chi connectivity index (χ1) is 8.79. The van der Waals surface area contributed by atoms with Gasteiger partial charge in [-0.3, -0.25) is 0 Å². The number of carboxylic acids is 1. The van der Waals surface area contributed by atoms with E-state index in [-0.39, 0.29) is 11.4 Å². The minimum absolute atomic E-state index is 0.0530. The van der Waals surface area contributed by atoms with E-state index in [9.17, 15) is 9.59 Å². The number of hydrogen-bond acceptors (Lipinski definition) is 3. The molecule has 1 unspecified atom stereocenters. The van der Waals surface area contributed by atoms with Crippen LogP contribution in [0, 0.1) is 5.41 Å². The Labute approximate surface area is 114 Å². The molecular formula is C13H24N2O4. The molecule has 110 valence electrons. The molecule has 0 aromatic carbocycles. The maximum Gasteiger partial charge on any atom is 0.326 e. The summed E-state index contributed by atoms with van der Waals surface area (Å²) in [5.41, 5.74) is 0.0530. The summed E-state index contributed by atoms with van der Waals surface area (Å²) in [4.78, 5) is 24.7. The summed E-state index contributed by atoms with van der Waals surface area (Å²) >= 11 is 0. The molecule has 1 aliphatic heterocycles. The number of nitrogens with zero attached hydrogens (tertiary/aromatic N) is 1. The van der Waals surface area contributed by atoms with E-state index in [1.165, 1.54) is 0 Å². The third kappa shape index (κ3) is 5.92. The van der Waals surface area contributed by atoms with Crippen LogP contribution in [0.1, 0.15) is 33.6 Å². The summed E-state index contributed by atoms with van der Waals surface area (Å²) in [7, 11) is 0. The van der Waals surface area contributed by atoms with E-state index < -0.39 is 12.0 Å². The van der Waals surface area contributed by atoms with Crippen LogP contribution in [0.3, 0.4) is 0 Å². The van der Waals surface area contributed by atoms with E-state index in [1.807, 2.05) is 0 Å². The Morgan fingerprint density at radius 3 is 2.37 bits per heavy atom. The van der Waals surface area contributed by atoms with Gasteiger partial charge in [-0.2, -0.15) is 0 Å². The van der Waals surface area contributed by atoms with Crippen LogP contribution in [0.2, 0.25) is 0 Å². The smallest absolute Gasteiger partial charge is 0.326 e. The van der Waals surface area contributed by atoms with Gasteiger partial charge in [0, 0.05) is 13.1 Å². The molecular weight excluding hydrogens is 248 g/mol. The summed E-state index contributed by atoms with van der Waals surface area (Å²) in [6.45, 7) is 8.19. The fraction of sp³-hybridized carbons (Fsp3) is 0.846. The van der Waals surface area contributed by atoms with Crippen molar-refractivity contribution in [2.45, 2.75) is 39.7 Å². The summed E-state index contributed by atoms with van der Waals surface area (Å²) in [6.07, 6.45) is 1.18. The predicted molar refractivity (Wildman–Crippen MR) is 71.0 cm³/mol. The number of aliphatic carboxylic acids is 1. The molecule has 2 amide bonds. The van der Waals surface area contributed by atoms with Crippen molar-refractivity contribution in [1.82, 2.24) is 10.2 Å². The standard InChI is InChI=1S/C13H24N2O4/c1-13(2,3)5-4-10(11(16)17)14-12(18)15-6-8-19-9-7-15/h10H,4-9H2,1-3H3,(H,14,18)(H,16,17).